The SMILES string of the molecule is CCCCCCCCCCCCCCCCCCCCCCCCCCCCC/C=C/C(O)C(COP(=O)([O-])OCC[N+](C)(C)C)NC(=O)CC. The van der Waals surface area contributed by atoms with Gasteiger partial charge in [-0.25, -0.2) is 0 Å². The van der Waals surface area contributed by atoms with Crippen LogP contribution in [-0.4, -0.2) is 68.5 Å². The molecule has 0 fully saturated rings. The third-order valence-corrected chi connectivity index (χ3v) is 10.8. The van der Waals surface area contributed by atoms with Crippen LogP contribution in [0.4, 0.5) is 0 Å². The lowest BCUT2D eigenvalue weighted by atomic mass is 10.0. The van der Waals surface area contributed by atoms with Gasteiger partial charge in [-0.1, -0.05) is 193 Å². The summed E-state index contributed by atoms with van der Waals surface area (Å²) in [6.07, 6.45) is 40.9. The summed E-state index contributed by atoms with van der Waals surface area (Å²) in [5, 5.41) is 13.3. The quantitative estimate of drug-likeness (QED) is 0.0281. The highest BCUT2D eigenvalue weighted by molar-refractivity contribution is 7.45. The van der Waals surface area contributed by atoms with Gasteiger partial charge in [0, 0.05) is 6.42 Å². The molecule has 9 heteroatoms. The highest BCUT2D eigenvalue weighted by Gasteiger charge is 2.22. The molecule has 0 aromatic carbocycles. The van der Waals surface area contributed by atoms with E-state index in [1.807, 2.05) is 27.2 Å². The number of hydrogen-bond donors (Lipinski definition) is 2. The fourth-order valence-electron chi connectivity index (χ4n) is 6.29. The molecular formula is C42H85N2O6P. The van der Waals surface area contributed by atoms with Gasteiger partial charge in [-0.15, -0.1) is 0 Å². The summed E-state index contributed by atoms with van der Waals surface area (Å²) in [5.74, 6) is -0.284. The molecule has 0 aliphatic heterocycles. The smallest absolute Gasteiger partial charge is 0.268 e. The first-order chi connectivity index (χ1) is 24.5. The fraction of sp³-hybridized carbons (Fsp3) is 0.929. The minimum atomic E-state index is -4.54. The van der Waals surface area contributed by atoms with Gasteiger partial charge in [-0.3, -0.25) is 9.36 Å². The molecule has 51 heavy (non-hydrogen) atoms. The molecule has 2 N–H and O–H groups in total. The lowest BCUT2D eigenvalue weighted by molar-refractivity contribution is -0.870. The van der Waals surface area contributed by atoms with Crippen molar-refractivity contribution >= 4 is 13.7 Å². The molecule has 0 aromatic rings. The summed E-state index contributed by atoms with van der Waals surface area (Å²) in [5.41, 5.74) is 0. The lowest BCUT2D eigenvalue weighted by Gasteiger charge is -2.29. The monoisotopic (exact) mass is 745 g/mol. The van der Waals surface area contributed by atoms with Crippen molar-refractivity contribution in [1.82, 2.24) is 5.32 Å². The van der Waals surface area contributed by atoms with E-state index in [0.717, 1.165) is 19.3 Å². The Labute approximate surface area is 316 Å². The lowest BCUT2D eigenvalue weighted by Crippen LogP contribution is -2.45. The normalized spacial score (nSPS) is 14.6. The number of unbranched alkanes of at least 4 members (excludes halogenated alkanes) is 27. The first-order valence-electron chi connectivity index (χ1n) is 21.6. The molecule has 0 saturated carbocycles. The van der Waals surface area contributed by atoms with E-state index in [9.17, 15) is 19.4 Å². The zero-order chi connectivity index (χ0) is 37.9. The number of aliphatic hydroxyl groups excluding tert-OH is 1. The Morgan fingerprint density at radius 3 is 1.39 bits per heavy atom. The molecule has 0 aliphatic carbocycles. The van der Waals surface area contributed by atoms with Crippen LogP contribution in [0.2, 0.25) is 0 Å². The van der Waals surface area contributed by atoms with E-state index in [-0.39, 0.29) is 25.5 Å². The number of allylic oxidation sites excluding steroid dienone is 1. The maximum atomic E-state index is 12.2. The molecular weight excluding hydrogens is 659 g/mol. The second-order valence-electron chi connectivity index (χ2n) is 16.0. The first kappa shape index (κ1) is 50.2. The average molecular weight is 745 g/mol. The zero-order valence-electron chi connectivity index (χ0n) is 34.3. The van der Waals surface area contributed by atoms with Crippen molar-refractivity contribution in [2.75, 3.05) is 40.9 Å². The minimum Gasteiger partial charge on any atom is -0.756 e. The van der Waals surface area contributed by atoms with Crippen LogP contribution in [-0.2, 0) is 18.4 Å². The van der Waals surface area contributed by atoms with Crippen molar-refractivity contribution < 1.29 is 32.9 Å². The summed E-state index contributed by atoms with van der Waals surface area (Å²) >= 11 is 0. The molecule has 0 rings (SSSR count). The van der Waals surface area contributed by atoms with E-state index in [1.54, 1.807) is 13.0 Å². The number of aliphatic hydroxyl groups is 1. The Bertz CT molecular complexity index is 850. The van der Waals surface area contributed by atoms with Gasteiger partial charge >= 0.3 is 0 Å². The molecule has 3 atom stereocenters. The topological polar surface area (TPSA) is 108 Å². The Hall–Kier alpha value is -0.760. The highest BCUT2D eigenvalue weighted by atomic mass is 31.2. The molecule has 304 valence electrons. The van der Waals surface area contributed by atoms with Crippen molar-refractivity contribution in [1.29, 1.82) is 0 Å². The van der Waals surface area contributed by atoms with Crippen molar-refractivity contribution in [2.45, 2.75) is 212 Å². The number of phosphoric ester groups is 1. The van der Waals surface area contributed by atoms with Crippen LogP contribution in [0.3, 0.4) is 0 Å². The molecule has 3 unspecified atom stereocenters. The van der Waals surface area contributed by atoms with Crippen LogP contribution in [0.1, 0.15) is 200 Å². The van der Waals surface area contributed by atoms with Crippen LogP contribution < -0.4 is 10.2 Å². The van der Waals surface area contributed by atoms with Gasteiger partial charge in [0.1, 0.15) is 13.2 Å². The van der Waals surface area contributed by atoms with Crippen molar-refractivity contribution in [2.24, 2.45) is 0 Å². The first-order valence-corrected chi connectivity index (χ1v) is 23.0. The number of nitrogens with zero attached hydrogens (tertiary/aromatic N) is 1. The largest absolute Gasteiger partial charge is 0.756 e. The summed E-state index contributed by atoms with van der Waals surface area (Å²) in [7, 11) is 1.26. The highest BCUT2D eigenvalue weighted by Crippen LogP contribution is 2.38. The number of amides is 1. The molecule has 1 amide bonds. The molecule has 0 aromatic heterocycles. The molecule has 0 aliphatic rings. The van der Waals surface area contributed by atoms with E-state index in [2.05, 4.69) is 12.2 Å². The molecule has 0 heterocycles. The van der Waals surface area contributed by atoms with E-state index < -0.39 is 20.0 Å². The summed E-state index contributed by atoms with van der Waals surface area (Å²) in [6.45, 7) is 4.10. The van der Waals surface area contributed by atoms with Crippen LogP contribution in [0, 0.1) is 0 Å². The number of quaternary nitrogens is 1. The van der Waals surface area contributed by atoms with Crippen molar-refractivity contribution in [3.05, 3.63) is 12.2 Å². The number of phosphoric acid groups is 1. The Morgan fingerprint density at radius 2 is 1.04 bits per heavy atom. The summed E-state index contributed by atoms with van der Waals surface area (Å²) in [6, 6.07) is -0.878. The average Bonchev–Trinajstić information content (AvgIpc) is 3.08. The summed E-state index contributed by atoms with van der Waals surface area (Å²) < 4.78 is 22.7. The molecule has 0 bridgehead atoms. The van der Waals surface area contributed by atoms with E-state index in [4.69, 9.17) is 9.05 Å². The number of nitrogens with one attached hydrogen (secondary N) is 1. The second-order valence-corrected chi connectivity index (χ2v) is 17.4. The molecule has 8 nitrogen and oxygen atoms in total. The van der Waals surface area contributed by atoms with Gasteiger partial charge in [0.2, 0.25) is 5.91 Å². The van der Waals surface area contributed by atoms with Gasteiger partial charge in [-0.05, 0) is 12.8 Å². The summed E-state index contributed by atoms with van der Waals surface area (Å²) in [4.78, 5) is 24.1. The molecule has 0 saturated heterocycles. The van der Waals surface area contributed by atoms with E-state index in [1.165, 1.54) is 161 Å². The van der Waals surface area contributed by atoms with Crippen LogP contribution >= 0.6 is 7.82 Å². The number of likely N-dealkylation sites (N-methyl/N-ethyl adjacent to an activating group) is 1. The predicted octanol–water partition coefficient (Wildman–Crippen LogP) is 10.9. The van der Waals surface area contributed by atoms with Crippen LogP contribution in [0.5, 0.6) is 0 Å². The number of hydrogen-bond acceptors (Lipinski definition) is 6. The maximum Gasteiger partial charge on any atom is 0.268 e. The molecule has 0 radical (unpaired) electrons. The maximum absolute atomic E-state index is 12.2. The minimum absolute atomic E-state index is 0.00162. The van der Waals surface area contributed by atoms with Gasteiger partial charge in [-0.2, -0.15) is 0 Å². The Balaban J connectivity index is 3.68. The number of rotatable bonds is 39. The van der Waals surface area contributed by atoms with Crippen molar-refractivity contribution in [3.8, 4) is 0 Å². The van der Waals surface area contributed by atoms with Gasteiger partial charge in [0.25, 0.3) is 7.82 Å². The Kier molecular flexibility index (Phi) is 34.5. The molecule has 0 spiro atoms. The van der Waals surface area contributed by atoms with Gasteiger partial charge in [0.15, 0.2) is 0 Å². The second kappa shape index (κ2) is 35.0. The van der Waals surface area contributed by atoms with Gasteiger partial charge < -0.3 is 28.8 Å². The Morgan fingerprint density at radius 1 is 0.667 bits per heavy atom. The van der Waals surface area contributed by atoms with E-state index >= 15 is 0 Å². The zero-order valence-corrected chi connectivity index (χ0v) is 35.2. The van der Waals surface area contributed by atoms with Gasteiger partial charge in [0.05, 0.1) is 39.9 Å². The number of carbonyl (C=O) groups excluding carboxylic acids is 1. The third kappa shape index (κ3) is 37.4. The standard InChI is InChI=1S/C42H85N2O6P/c1-6-8-9-10-11-12-13-14-15-16-17-18-19-20-21-22-23-24-25-26-27-28-29-30-31-32-33-34-35-36-41(45)40(43-42(46)7-2)39-50-51(47,48)49-38-37-44(3,4)5/h35-36,40-41,45H,6-34,37-39H2,1-5H3,(H-,43,46,47,48)/b36-35+. The van der Waals surface area contributed by atoms with Crippen LogP contribution in [0.25, 0.3) is 0 Å². The van der Waals surface area contributed by atoms with Crippen LogP contribution in [0.15, 0.2) is 12.2 Å². The fourth-order valence-corrected chi connectivity index (χ4v) is 7.02. The van der Waals surface area contributed by atoms with E-state index in [0.29, 0.717) is 11.0 Å². The predicted molar refractivity (Wildman–Crippen MR) is 215 cm³/mol. The van der Waals surface area contributed by atoms with Crippen molar-refractivity contribution in [3.63, 3.8) is 0 Å². The third-order valence-electron chi connectivity index (χ3n) is 9.81. The number of carbonyl (C=O) groups is 1.